The molecule has 0 saturated heterocycles. The standard InChI is InChI=1S/C14H16BrN3O/c1-4-12-10(8-18(3)17-12)14(19)16-13-6-5-9(2)7-11(13)15/h5-8H,4H2,1-3H3,(H,16,19). The number of nitrogens with one attached hydrogen (secondary N) is 1. The third-order valence-electron chi connectivity index (χ3n) is 2.86. The number of hydrogen-bond donors (Lipinski definition) is 1. The van der Waals surface area contributed by atoms with Crippen LogP contribution in [-0.2, 0) is 13.5 Å². The van der Waals surface area contributed by atoms with Crippen LogP contribution in [0.25, 0.3) is 0 Å². The predicted molar refractivity (Wildman–Crippen MR) is 79.4 cm³/mol. The van der Waals surface area contributed by atoms with Gasteiger partial charge in [0.25, 0.3) is 5.91 Å². The van der Waals surface area contributed by atoms with E-state index in [-0.39, 0.29) is 5.91 Å². The van der Waals surface area contributed by atoms with Crippen LogP contribution in [-0.4, -0.2) is 15.7 Å². The SMILES string of the molecule is CCc1nn(C)cc1C(=O)Nc1ccc(C)cc1Br. The lowest BCUT2D eigenvalue weighted by molar-refractivity contribution is 0.102. The van der Waals surface area contributed by atoms with E-state index in [9.17, 15) is 4.79 Å². The van der Waals surface area contributed by atoms with E-state index in [2.05, 4.69) is 26.3 Å². The highest BCUT2D eigenvalue weighted by Crippen LogP contribution is 2.24. The maximum atomic E-state index is 12.3. The van der Waals surface area contributed by atoms with Crippen LogP contribution < -0.4 is 5.32 Å². The van der Waals surface area contributed by atoms with Crippen LogP contribution in [0, 0.1) is 6.92 Å². The van der Waals surface area contributed by atoms with Gasteiger partial charge in [-0.2, -0.15) is 5.10 Å². The number of aromatic nitrogens is 2. The smallest absolute Gasteiger partial charge is 0.259 e. The molecule has 0 saturated carbocycles. The van der Waals surface area contributed by atoms with Crippen LogP contribution in [0.2, 0.25) is 0 Å². The topological polar surface area (TPSA) is 46.9 Å². The molecule has 1 N–H and O–H groups in total. The molecular weight excluding hydrogens is 306 g/mol. The first-order valence-electron chi connectivity index (χ1n) is 6.11. The summed E-state index contributed by atoms with van der Waals surface area (Å²) in [6.07, 6.45) is 2.48. The van der Waals surface area contributed by atoms with Gasteiger partial charge < -0.3 is 5.32 Å². The van der Waals surface area contributed by atoms with Gasteiger partial charge in [0.15, 0.2) is 0 Å². The second kappa shape index (κ2) is 5.57. The number of amides is 1. The van der Waals surface area contributed by atoms with Gasteiger partial charge in [0.05, 0.1) is 16.9 Å². The van der Waals surface area contributed by atoms with Crippen LogP contribution in [0.4, 0.5) is 5.69 Å². The van der Waals surface area contributed by atoms with Crippen LogP contribution >= 0.6 is 15.9 Å². The summed E-state index contributed by atoms with van der Waals surface area (Å²) in [5, 5.41) is 7.18. The normalized spacial score (nSPS) is 10.5. The van der Waals surface area contributed by atoms with Gasteiger partial charge in [-0.15, -0.1) is 0 Å². The fourth-order valence-corrected chi connectivity index (χ4v) is 2.49. The molecule has 0 aliphatic carbocycles. The molecule has 0 bridgehead atoms. The first kappa shape index (κ1) is 13.8. The first-order chi connectivity index (χ1) is 9.01. The number of benzene rings is 1. The van der Waals surface area contributed by atoms with Crippen molar-refractivity contribution >= 4 is 27.5 Å². The molecule has 2 rings (SSSR count). The maximum Gasteiger partial charge on any atom is 0.259 e. The Morgan fingerprint density at radius 2 is 2.21 bits per heavy atom. The molecule has 1 amide bonds. The van der Waals surface area contributed by atoms with Gasteiger partial charge in [-0.05, 0) is 47.0 Å². The molecule has 0 radical (unpaired) electrons. The molecule has 0 unspecified atom stereocenters. The first-order valence-corrected chi connectivity index (χ1v) is 6.90. The average Bonchev–Trinajstić information content (AvgIpc) is 2.74. The summed E-state index contributed by atoms with van der Waals surface area (Å²) in [7, 11) is 1.82. The fourth-order valence-electron chi connectivity index (χ4n) is 1.90. The zero-order chi connectivity index (χ0) is 14.0. The summed E-state index contributed by atoms with van der Waals surface area (Å²) < 4.78 is 2.54. The van der Waals surface area contributed by atoms with Gasteiger partial charge in [0.1, 0.15) is 0 Å². The predicted octanol–water partition coefficient (Wildman–Crippen LogP) is 3.31. The second-order valence-corrected chi connectivity index (χ2v) is 5.31. The van der Waals surface area contributed by atoms with Crippen LogP contribution in [0.5, 0.6) is 0 Å². The van der Waals surface area contributed by atoms with Crippen molar-refractivity contribution in [3.05, 3.63) is 45.7 Å². The van der Waals surface area contributed by atoms with E-state index in [0.29, 0.717) is 5.56 Å². The van der Waals surface area contributed by atoms with Crippen molar-refractivity contribution in [2.45, 2.75) is 20.3 Å². The highest BCUT2D eigenvalue weighted by atomic mass is 79.9. The minimum Gasteiger partial charge on any atom is -0.321 e. The third-order valence-corrected chi connectivity index (χ3v) is 3.51. The van der Waals surface area contributed by atoms with E-state index in [0.717, 1.165) is 27.8 Å². The molecule has 19 heavy (non-hydrogen) atoms. The lowest BCUT2D eigenvalue weighted by Crippen LogP contribution is -2.13. The molecule has 4 nitrogen and oxygen atoms in total. The number of aryl methyl sites for hydroxylation is 3. The lowest BCUT2D eigenvalue weighted by Gasteiger charge is -2.07. The molecule has 0 atom stereocenters. The van der Waals surface area contributed by atoms with E-state index in [1.807, 2.05) is 39.1 Å². The van der Waals surface area contributed by atoms with Crippen LogP contribution in [0.15, 0.2) is 28.9 Å². The van der Waals surface area contributed by atoms with Crippen molar-refractivity contribution < 1.29 is 4.79 Å². The Balaban J connectivity index is 2.25. The van der Waals surface area contributed by atoms with Crippen molar-refractivity contribution in [3.8, 4) is 0 Å². The molecule has 1 aromatic carbocycles. The molecule has 1 heterocycles. The molecular formula is C14H16BrN3O. The maximum absolute atomic E-state index is 12.3. The Labute approximate surface area is 120 Å². The van der Waals surface area contributed by atoms with Gasteiger partial charge in [-0.3, -0.25) is 9.48 Å². The molecule has 5 heteroatoms. The fraction of sp³-hybridized carbons (Fsp3) is 0.286. The number of halogens is 1. The molecule has 2 aromatic rings. The monoisotopic (exact) mass is 321 g/mol. The Bertz CT molecular complexity index is 619. The summed E-state index contributed by atoms with van der Waals surface area (Å²) in [6, 6.07) is 5.82. The van der Waals surface area contributed by atoms with Gasteiger partial charge in [-0.25, -0.2) is 0 Å². The summed E-state index contributed by atoms with van der Waals surface area (Å²) in [5.41, 5.74) is 3.34. The van der Waals surface area contributed by atoms with Crippen molar-refractivity contribution in [1.82, 2.24) is 9.78 Å². The van der Waals surface area contributed by atoms with E-state index >= 15 is 0 Å². The number of rotatable bonds is 3. The highest BCUT2D eigenvalue weighted by molar-refractivity contribution is 9.10. The molecule has 1 aromatic heterocycles. The van der Waals surface area contributed by atoms with E-state index in [1.54, 1.807) is 10.9 Å². The molecule has 0 aliphatic heterocycles. The number of anilines is 1. The van der Waals surface area contributed by atoms with E-state index in [1.165, 1.54) is 0 Å². The van der Waals surface area contributed by atoms with Gasteiger partial charge >= 0.3 is 0 Å². The Morgan fingerprint density at radius 1 is 1.47 bits per heavy atom. The summed E-state index contributed by atoms with van der Waals surface area (Å²) >= 11 is 3.45. The minimum atomic E-state index is -0.130. The molecule has 0 fully saturated rings. The molecule has 0 aliphatic rings. The number of carbonyl (C=O) groups excluding carboxylic acids is 1. The number of nitrogens with zero attached hydrogens (tertiary/aromatic N) is 2. The van der Waals surface area contributed by atoms with Gasteiger partial charge in [0, 0.05) is 17.7 Å². The summed E-state index contributed by atoms with van der Waals surface area (Å²) in [5.74, 6) is -0.130. The quantitative estimate of drug-likeness (QED) is 0.942. The van der Waals surface area contributed by atoms with Gasteiger partial charge in [0.2, 0.25) is 0 Å². The Kier molecular flexibility index (Phi) is 4.04. The lowest BCUT2D eigenvalue weighted by atomic mass is 10.2. The molecule has 100 valence electrons. The van der Waals surface area contributed by atoms with Crippen molar-refractivity contribution in [2.75, 3.05) is 5.32 Å². The summed E-state index contributed by atoms with van der Waals surface area (Å²) in [4.78, 5) is 12.3. The van der Waals surface area contributed by atoms with E-state index < -0.39 is 0 Å². The second-order valence-electron chi connectivity index (χ2n) is 4.45. The minimum absolute atomic E-state index is 0.130. The highest BCUT2D eigenvalue weighted by Gasteiger charge is 2.15. The Hall–Kier alpha value is -1.62. The number of hydrogen-bond acceptors (Lipinski definition) is 2. The summed E-state index contributed by atoms with van der Waals surface area (Å²) in [6.45, 7) is 3.99. The van der Waals surface area contributed by atoms with Crippen LogP contribution in [0.3, 0.4) is 0 Å². The molecule has 0 spiro atoms. The van der Waals surface area contributed by atoms with Gasteiger partial charge in [-0.1, -0.05) is 13.0 Å². The number of carbonyl (C=O) groups is 1. The third kappa shape index (κ3) is 3.04. The van der Waals surface area contributed by atoms with Crippen molar-refractivity contribution in [3.63, 3.8) is 0 Å². The van der Waals surface area contributed by atoms with Crippen molar-refractivity contribution in [2.24, 2.45) is 7.05 Å². The zero-order valence-electron chi connectivity index (χ0n) is 11.2. The van der Waals surface area contributed by atoms with Crippen molar-refractivity contribution in [1.29, 1.82) is 0 Å². The van der Waals surface area contributed by atoms with E-state index in [4.69, 9.17) is 0 Å². The Morgan fingerprint density at radius 3 is 2.84 bits per heavy atom. The largest absolute Gasteiger partial charge is 0.321 e. The zero-order valence-corrected chi connectivity index (χ0v) is 12.8. The van der Waals surface area contributed by atoms with Crippen LogP contribution in [0.1, 0.15) is 28.5 Å². The average molecular weight is 322 g/mol.